The first-order chi connectivity index (χ1) is 36.1. The van der Waals surface area contributed by atoms with Crippen molar-refractivity contribution in [3.05, 3.63) is 135 Å². The Kier molecular flexibility index (Phi) is 15.2. The highest BCUT2D eigenvalue weighted by Gasteiger charge is 2.41. The van der Waals surface area contributed by atoms with Crippen molar-refractivity contribution in [2.24, 2.45) is 0 Å². The van der Waals surface area contributed by atoms with Crippen molar-refractivity contribution in [3.63, 3.8) is 0 Å². The Bertz CT molecular complexity index is 3420. The lowest BCUT2D eigenvalue weighted by Crippen LogP contribution is -2.34. The number of esters is 1. The van der Waals surface area contributed by atoms with E-state index in [0.717, 1.165) is 59.7 Å². The molecule has 0 bridgehead atoms. The number of hydrogen-bond donors (Lipinski definition) is 2. The molecule has 4 fully saturated rings. The molecule has 8 aromatic rings. The van der Waals surface area contributed by atoms with Crippen LogP contribution in [0.3, 0.4) is 0 Å². The molecule has 0 saturated heterocycles. The van der Waals surface area contributed by atoms with E-state index in [9.17, 15) is 23.8 Å². The molecule has 4 aliphatic carbocycles. The third-order valence-corrected chi connectivity index (χ3v) is 18.9. The third kappa shape index (κ3) is 10.7. The third-order valence-electron chi connectivity index (χ3n) is 14.5. The van der Waals surface area contributed by atoms with Crippen LogP contribution < -0.4 is 0 Å². The van der Waals surface area contributed by atoms with Crippen molar-refractivity contribution in [1.82, 2.24) is 20.3 Å². The lowest BCUT2D eigenvalue weighted by molar-refractivity contribution is -0.0641. The number of carbonyl (C=O) groups excluding carboxylic acids is 1. The number of hydrogen-bond acceptors (Lipinski definition) is 14. The number of nitrogens with zero attached hydrogens (tertiary/aromatic N) is 4. The predicted octanol–water partition coefficient (Wildman–Crippen LogP) is 15.8. The minimum atomic E-state index is -1.20. The maximum Gasteiger partial charge on any atom is 0.340 e. The average molecular weight is 1200 g/mol. The number of thiazole rings is 2. The second-order valence-electron chi connectivity index (χ2n) is 19.6. The Morgan fingerprint density at radius 3 is 1.48 bits per heavy atom. The summed E-state index contributed by atoms with van der Waals surface area (Å²) in [5.41, 5.74) is 2.78. The van der Waals surface area contributed by atoms with Crippen LogP contribution in [0.2, 0.25) is 20.1 Å². The van der Waals surface area contributed by atoms with Gasteiger partial charge in [-0.05, 0) is 142 Å². The zero-order valence-electron chi connectivity index (χ0n) is 40.1. The first-order valence-electron chi connectivity index (χ1n) is 24.6. The summed E-state index contributed by atoms with van der Waals surface area (Å²) in [6, 6.07) is 17.0. The van der Waals surface area contributed by atoms with Crippen LogP contribution in [-0.4, -0.2) is 55.8 Å². The highest BCUT2D eigenvalue weighted by Crippen LogP contribution is 2.50. The van der Waals surface area contributed by atoms with Gasteiger partial charge in [-0.25, -0.2) is 23.5 Å². The molecule has 0 atom stereocenters. The van der Waals surface area contributed by atoms with E-state index >= 15 is 0 Å². The molecule has 0 amide bonds. The largest absolute Gasteiger partial charge is 0.465 e. The smallest absolute Gasteiger partial charge is 0.340 e. The zero-order chi connectivity index (χ0) is 52.3. The maximum atomic E-state index is 14.9. The highest BCUT2D eigenvalue weighted by atomic mass is 79.9. The molecular formula is C54H47BrCl4F2N4O8S2. The summed E-state index contributed by atoms with van der Waals surface area (Å²) in [6.07, 6.45) is 8.36. The topological polar surface area (TPSA) is 163 Å². The summed E-state index contributed by atoms with van der Waals surface area (Å²) >= 11 is 31.4. The number of rotatable bonds is 13. The predicted molar refractivity (Wildman–Crippen MR) is 288 cm³/mol. The fourth-order valence-corrected chi connectivity index (χ4v) is 13.9. The van der Waals surface area contributed by atoms with Crippen LogP contribution in [0.15, 0.2) is 74.2 Å². The number of benzene rings is 4. The van der Waals surface area contributed by atoms with E-state index in [1.54, 1.807) is 54.6 Å². The first-order valence-corrected chi connectivity index (χ1v) is 28.5. The van der Waals surface area contributed by atoms with Crippen molar-refractivity contribution < 1.29 is 47.0 Å². The molecule has 4 aromatic carbocycles. The molecule has 392 valence electrons. The van der Waals surface area contributed by atoms with Gasteiger partial charge in [0.2, 0.25) is 0 Å². The van der Waals surface area contributed by atoms with Gasteiger partial charge in [0.15, 0.2) is 11.6 Å². The van der Waals surface area contributed by atoms with Gasteiger partial charge in [-0.15, -0.1) is 22.7 Å². The molecule has 2 N–H and O–H groups in total. The molecular weight excluding hydrogens is 1160 g/mol. The standard InChI is InChI=1S/C28H25Cl2FN2O5S.C26H22BrCl2FN2O3S/c1-36-26(34)16-7-8-20-25(22(16)31)39-27(32-20)28(35)11-9-15(10-12-28)37-13-17-23(33-38-24(17)14-5-6-14)21-18(29)3-2-4-19(21)30;27-16-6-7-19-24(21(16)30)36-25(31-19)26(33)10-8-14(9-11-26)34-12-15-22(32-35-23(15)13-4-5-13)20-17(28)2-1-3-18(20)29/h2-4,7-8,14-15,35H,5-6,9-13H2,1H3;1-3,6-7,13-14,33H,4-5,8-12H2. The maximum absolute atomic E-state index is 14.9. The molecule has 0 radical (unpaired) electrons. The summed E-state index contributed by atoms with van der Waals surface area (Å²) in [5, 5.41) is 34.4. The Morgan fingerprint density at radius 1 is 0.653 bits per heavy atom. The number of aliphatic hydroxyl groups is 2. The van der Waals surface area contributed by atoms with Gasteiger partial charge in [0.25, 0.3) is 0 Å². The second-order valence-corrected chi connectivity index (χ2v) is 24.1. The van der Waals surface area contributed by atoms with Crippen LogP contribution in [0.25, 0.3) is 42.9 Å². The Labute approximate surface area is 465 Å². The second kappa shape index (κ2) is 21.6. The van der Waals surface area contributed by atoms with Crippen LogP contribution in [0.5, 0.6) is 0 Å². The quantitative estimate of drug-likeness (QED) is 0.105. The fraction of sp³-hybridized carbons (Fsp3) is 0.389. The van der Waals surface area contributed by atoms with E-state index in [4.69, 9.17) is 64.9 Å². The monoisotopic (exact) mass is 1200 g/mol. The minimum Gasteiger partial charge on any atom is -0.465 e. The summed E-state index contributed by atoms with van der Waals surface area (Å²) in [6.45, 7) is 0.619. The van der Waals surface area contributed by atoms with Crippen LogP contribution in [-0.2, 0) is 38.6 Å². The number of fused-ring (bicyclic) bond motifs is 2. The number of methoxy groups -OCH3 is 1. The SMILES string of the molecule is COC(=O)c1ccc2nc(C3(O)CCC(OCc4c(-c5c(Cl)cccc5Cl)noc4C4CC4)CC3)sc2c1F.OC1(c2nc3ccc(Br)c(F)c3s2)CCC(OCc2c(-c3c(Cl)cccc3Cl)noc2C2CC2)CC1. The molecule has 4 aliphatic rings. The Hall–Kier alpha value is -4.11. The van der Waals surface area contributed by atoms with Gasteiger partial charge < -0.3 is 33.5 Å². The molecule has 0 aliphatic heterocycles. The van der Waals surface area contributed by atoms with Crippen LogP contribution >= 0.6 is 85.0 Å². The average Bonchev–Trinajstić information content (AvgIpc) is 4.24. The van der Waals surface area contributed by atoms with Gasteiger partial charge in [0, 0.05) is 34.1 Å². The van der Waals surface area contributed by atoms with E-state index in [0.29, 0.717) is 143 Å². The van der Waals surface area contributed by atoms with Crippen molar-refractivity contribution in [2.45, 2.75) is 126 Å². The summed E-state index contributed by atoms with van der Waals surface area (Å²) < 4.78 is 59.3. The Balaban J connectivity index is 0.000000161. The van der Waals surface area contributed by atoms with Crippen molar-refractivity contribution in [3.8, 4) is 22.5 Å². The van der Waals surface area contributed by atoms with Crippen LogP contribution in [0.1, 0.15) is 132 Å². The molecule has 0 unspecified atom stereocenters. The summed E-state index contributed by atoms with van der Waals surface area (Å²) in [4.78, 5) is 20.9. The normalized spacial score (nSPS) is 21.9. The van der Waals surface area contributed by atoms with Crippen molar-refractivity contribution in [1.29, 1.82) is 0 Å². The molecule has 75 heavy (non-hydrogen) atoms. The Morgan fingerprint density at radius 2 is 1.07 bits per heavy atom. The van der Waals surface area contributed by atoms with Gasteiger partial charge in [0.05, 0.1) is 83.1 Å². The van der Waals surface area contributed by atoms with E-state index < -0.39 is 23.0 Å². The molecule has 12 nitrogen and oxygen atoms in total. The van der Waals surface area contributed by atoms with Gasteiger partial charge in [0.1, 0.15) is 44.1 Å². The van der Waals surface area contributed by atoms with Gasteiger partial charge >= 0.3 is 5.97 Å². The first kappa shape index (κ1) is 52.9. The molecule has 4 aromatic heterocycles. The molecule has 12 rings (SSSR count). The van der Waals surface area contributed by atoms with E-state index in [2.05, 4.69) is 40.9 Å². The number of halogens is 7. The number of carbonyl (C=O) groups is 1. The fourth-order valence-electron chi connectivity index (χ4n) is 9.96. The summed E-state index contributed by atoms with van der Waals surface area (Å²) in [5.74, 6) is 0.555. The van der Waals surface area contributed by atoms with Crippen molar-refractivity contribution >= 4 is 111 Å². The van der Waals surface area contributed by atoms with E-state index in [1.807, 2.05) is 0 Å². The molecule has 4 saturated carbocycles. The van der Waals surface area contributed by atoms with Crippen LogP contribution in [0, 0.1) is 11.6 Å². The van der Waals surface area contributed by atoms with Gasteiger partial charge in [-0.2, -0.15) is 0 Å². The van der Waals surface area contributed by atoms with E-state index in [-0.39, 0.29) is 34.9 Å². The lowest BCUT2D eigenvalue weighted by Gasteiger charge is -2.34. The van der Waals surface area contributed by atoms with Gasteiger partial charge in [-0.3, -0.25) is 0 Å². The number of aromatic nitrogens is 4. The van der Waals surface area contributed by atoms with E-state index in [1.165, 1.54) is 24.5 Å². The highest BCUT2D eigenvalue weighted by molar-refractivity contribution is 9.10. The molecule has 0 spiro atoms. The van der Waals surface area contributed by atoms with Gasteiger partial charge in [-0.1, -0.05) is 68.8 Å². The minimum absolute atomic E-state index is 0.0398. The molecule has 21 heteroatoms. The number of ether oxygens (including phenoxy) is 3. The summed E-state index contributed by atoms with van der Waals surface area (Å²) in [7, 11) is 1.20. The van der Waals surface area contributed by atoms with Crippen LogP contribution in [0.4, 0.5) is 8.78 Å². The molecule has 4 heterocycles. The lowest BCUT2D eigenvalue weighted by atomic mass is 9.83. The van der Waals surface area contributed by atoms with Crippen molar-refractivity contribution in [2.75, 3.05) is 7.11 Å². The zero-order valence-corrected chi connectivity index (χ0v) is 46.3.